The molecule has 0 saturated heterocycles. The summed E-state index contributed by atoms with van der Waals surface area (Å²) in [6, 6.07) is 0. The molecule has 7 nitrogen and oxygen atoms in total. The number of aliphatic hydroxyl groups excluding tert-OH is 1. The molecule has 0 atom stereocenters. The van der Waals surface area contributed by atoms with E-state index in [0.717, 1.165) is 5.39 Å². The van der Waals surface area contributed by atoms with Gasteiger partial charge in [-0.05, 0) is 20.3 Å². The zero-order valence-electron chi connectivity index (χ0n) is 9.86. The van der Waals surface area contributed by atoms with Crippen LogP contribution in [0.25, 0.3) is 11.0 Å². The number of aromatic amines is 1. The van der Waals surface area contributed by atoms with Gasteiger partial charge >= 0.3 is 0 Å². The average molecular weight is 236 g/mol. The van der Waals surface area contributed by atoms with Gasteiger partial charge in [0.1, 0.15) is 5.82 Å². The van der Waals surface area contributed by atoms with E-state index in [1.807, 2.05) is 13.8 Å². The highest BCUT2D eigenvalue weighted by Gasteiger charge is 2.19. The van der Waals surface area contributed by atoms with Gasteiger partial charge in [-0.15, -0.1) is 0 Å². The second-order valence-corrected chi connectivity index (χ2v) is 4.55. The molecule has 92 valence electrons. The van der Waals surface area contributed by atoms with Gasteiger partial charge in [-0.1, -0.05) is 0 Å². The van der Waals surface area contributed by atoms with E-state index in [1.165, 1.54) is 0 Å². The second-order valence-electron chi connectivity index (χ2n) is 4.55. The summed E-state index contributed by atoms with van der Waals surface area (Å²) in [7, 11) is 0. The summed E-state index contributed by atoms with van der Waals surface area (Å²) in [4.78, 5) is 8.19. The zero-order chi connectivity index (χ0) is 12.5. The Morgan fingerprint density at radius 3 is 2.94 bits per heavy atom. The Balaban J connectivity index is 2.37. The van der Waals surface area contributed by atoms with Gasteiger partial charge in [0.05, 0.1) is 11.6 Å². The van der Waals surface area contributed by atoms with Crippen molar-refractivity contribution in [2.75, 3.05) is 17.7 Å². The molecule has 0 radical (unpaired) electrons. The Morgan fingerprint density at radius 1 is 1.47 bits per heavy atom. The van der Waals surface area contributed by atoms with Crippen molar-refractivity contribution in [1.82, 2.24) is 20.2 Å². The van der Waals surface area contributed by atoms with Gasteiger partial charge in [-0.3, -0.25) is 5.10 Å². The number of hydrogen-bond acceptors (Lipinski definition) is 6. The maximum atomic E-state index is 8.99. The summed E-state index contributed by atoms with van der Waals surface area (Å²) in [5, 5.41) is 19.7. The Kier molecular flexibility index (Phi) is 2.84. The quantitative estimate of drug-likeness (QED) is 0.615. The van der Waals surface area contributed by atoms with Gasteiger partial charge in [0.25, 0.3) is 0 Å². The third kappa shape index (κ3) is 2.44. The third-order valence-corrected chi connectivity index (χ3v) is 2.52. The van der Waals surface area contributed by atoms with Crippen LogP contribution in [0.3, 0.4) is 0 Å². The summed E-state index contributed by atoms with van der Waals surface area (Å²) in [5.74, 6) is 0.809. The molecule has 0 spiro atoms. The number of hydrogen-bond donors (Lipinski definition) is 4. The van der Waals surface area contributed by atoms with Crippen molar-refractivity contribution in [1.29, 1.82) is 0 Å². The molecule has 2 aromatic rings. The highest BCUT2D eigenvalue weighted by atomic mass is 16.3. The Labute approximate surface area is 98.5 Å². The molecule has 2 heterocycles. The largest absolute Gasteiger partial charge is 0.396 e. The molecule has 7 heteroatoms. The monoisotopic (exact) mass is 236 g/mol. The lowest BCUT2D eigenvalue weighted by atomic mass is 10.0. The van der Waals surface area contributed by atoms with Crippen molar-refractivity contribution >= 4 is 22.8 Å². The predicted octanol–water partition coefficient (Wildman–Crippen LogP) is 0.508. The predicted molar refractivity (Wildman–Crippen MR) is 65.5 cm³/mol. The van der Waals surface area contributed by atoms with Crippen LogP contribution in [0.2, 0.25) is 0 Å². The highest BCUT2D eigenvalue weighted by molar-refractivity contribution is 5.87. The lowest BCUT2D eigenvalue weighted by Gasteiger charge is -2.26. The van der Waals surface area contributed by atoms with Crippen LogP contribution >= 0.6 is 0 Å². The standard InChI is InChI=1S/C10H16N6O/c1-10(2,3-4-17)15-7-6-5-12-16-8(6)14-9(11)13-7/h5,17H,3-4H2,1-2H3,(H4,11,12,13,14,15,16). The number of fused-ring (bicyclic) bond motifs is 1. The maximum absolute atomic E-state index is 8.99. The first kappa shape index (κ1) is 11.6. The molecule has 0 unspecified atom stereocenters. The number of H-pyrrole nitrogens is 1. The number of aliphatic hydroxyl groups is 1. The van der Waals surface area contributed by atoms with Crippen molar-refractivity contribution in [3.05, 3.63) is 6.20 Å². The molecule has 0 aromatic carbocycles. The van der Waals surface area contributed by atoms with Crippen LogP contribution < -0.4 is 11.1 Å². The number of nitrogens with zero attached hydrogens (tertiary/aromatic N) is 3. The van der Waals surface area contributed by atoms with E-state index >= 15 is 0 Å². The Bertz CT molecular complexity index is 520. The zero-order valence-corrected chi connectivity index (χ0v) is 9.86. The summed E-state index contributed by atoms with van der Waals surface area (Å²) in [5.41, 5.74) is 5.94. The molecule has 0 amide bonds. The van der Waals surface area contributed by atoms with Crippen LogP contribution in [0.15, 0.2) is 6.20 Å². The van der Waals surface area contributed by atoms with Gasteiger partial charge in [0.2, 0.25) is 5.95 Å². The number of nitrogens with one attached hydrogen (secondary N) is 2. The first-order chi connectivity index (χ1) is 8.02. The molecule has 2 rings (SSSR count). The fourth-order valence-electron chi connectivity index (χ4n) is 1.61. The Morgan fingerprint density at radius 2 is 2.24 bits per heavy atom. The number of aromatic nitrogens is 4. The normalized spacial score (nSPS) is 11.9. The van der Waals surface area contributed by atoms with Crippen LogP contribution in [0.5, 0.6) is 0 Å². The molecule has 2 aromatic heterocycles. The summed E-state index contributed by atoms with van der Waals surface area (Å²) < 4.78 is 0. The fraction of sp³-hybridized carbons (Fsp3) is 0.500. The number of anilines is 2. The van der Waals surface area contributed by atoms with E-state index in [9.17, 15) is 0 Å². The lowest BCUT2D eigenvalue weighted by molar-refractivity contribution is 0.260. The molecule has 0 bridgehead atoms. The van der Waals surface area contributed by atoms with E-state index < -0.39 is 0 Å². The molecule has 0 aliphatic carbocycles. The molecule has 5 N–H and O–H groups in total. The van der Waals surface area contributed by atoms with Crippen LogP contribution in [-0.2, 0) is 0 Å². The third-order valence-electron chi connectivity index (χ3n) is 2.52. The van der Waals surface area contributed by atoms with Crippen LogP contribution in [-0.4, -0.2) is 37.4 Å². The van der Waals surface area contributed by atoms with Crippen molar-refractivity contribution in [3.8, 4) is 0 Å². The van der Waals surface area contributed by atoms with Crippen LogP contribution in [0.1, 0.15) is 20.3 Å². The number of rotatable bonds is 4. The number of nitrogen functional groups attached to an aromatic ring is 1. The first-order valence-electron chi connectivity index (χ1n) is 5.37. The highest BCUT2D eigenvalue weighted by Crippen LogP contribution is 2.23. The lowest BCUT2D eigenvalue weighted by Crippen LogP contribution is -2.32. The van der Waals surface area contributed by atoms with E-state index in [1.54, 1.807) is 6.20 Å². The van der Waals surface area contributed by atoms with Gasteiger partial charge in [-0.25, -0.2) is 0 Å². The molecule has 17 heavy (non-hydrogen) atoms. The molecule has 0 fully saturated rings. The van der Waals surface area contributed by atoms with Gasteiger partial charge in [0, 0.05) is 12.1 Å². The van der Waals surface area contributed by atoms with E-state index in [2.05, 4.69) is 25.5 Å². The van der Waals surface area contributed by atoms with E-state index in [-0.39, 0.29) is 18.1 Å². The van der Waals surface area contributed by atoms with Crippen molar-refractivity contribution < 1.29 is 5.11 Å². The smallest absolute Gasteiger partial charge is 0.224 e. The number of nitrogens with two attached hydrogens (primary N) is 1. The minimum atomic E-state index is -0.278. The first-order valence-corrected chi connectivity index (χ1v) is 5.37. The average Bonchev–Trinajstić information content (AvgIpc) is 2.64. The molecule has 0 saturated carbocycles. The van der Waals surface area contributed by atoms with E-state index in [4.69, 9.17) is 10.8 Å². The van der Waals surface area contributed by atoms with Crippen molar-refractivity contribution in [2.45, 2.75) is 25.8 Å². The molecular formula is C10H16N6O. The molecule has 0 aliphatic heterocycles. The van der Waals surface area contributed by atoms with Gasteiger partial charge in [-0.2, -0.15) is 15.1 Å². The topological polar surface area (TPSA) is 113 Å². The van der Waals surface area contributed by atoms with Crippen LogP contribution in [0, 0.1) is 0 Å². The minimum Gasteiger partial charge on any atom is -0.396 e. The van der Waals surface area contributed by atoms with E-state index in [0.29, 0.717) is 17.9 Å². The summed E-state index contributed by atoms with van der Waals surface area (Å²) >= 11 is 0. The minimum absolute atomic E-state index is 0.106. The fourth-order valence-corrected chi connectivity index (χ4v) is 1.61. The Hall–Kier alpha value is -1.89. The maximum Gasteiger partial charge on any atom is 0.224 e. The summed E-state index contributed by atoms with van der Waals surface area (Å²) in [6.07, 6.45) is 2.25. The molecule has 0 aliphatic rings. The SMILES string of the molecule is CC(C)(CCO)Nc1nc(N)nc2[nH]ncc12. The van der Waals surface area contributed by atoms with Crippen LogP contribution in [0.4, 0.5) is 11.8 Å². The van der Waals surface area contributed by atoms with Gasteiger partial charge < -0.3 is 16.2 Å². The molecular weight excluding hydrogens is 220 g/mol. The second kappa shape index (κ2) is 4.17. The van der Waals surface area contributed by atoms with Crippen molar-refractivity contribution in [3.63, 3.8) is 0 Å². The van der Waals surface area contributed by atoms with Crippen molar-refractivity contribution in [2.24, 2.45) is 0 Å². The summed E-state index contributed by atoms with van der Waals surface area (Å²) in [6.45, 7) is 4.07. The van der Waals surface area contributed by atoms with Gasteiger partial charge in [0.15, 0.2) is 5.65 Å².